The van der Waals surface area contributed by atoms with Crippen LogP contribution in [0.25, 0.3) is 0 Å². The molecule has 0 aliphatic carbocycles. The molecule has 7 nitrogen and oxygen atoms in total. The van der Waals surface area contributed by atoms with E-state index in [9.17, 15) is 0 Å². The Morgan fingerprint density at radius 3 is 2.56 bits per heavy atom. The average Bonchev–Trinajstić information content (AvgIpc) is 3.14. The zero-order valence-electron chi connectivity index (χ0n) is 17.2. The highest BCUT2D eigenvalue weighted by Crippen LogP contribution is 2.22. The van der Waals surface area contributed by atoms with Gasteiger partial charge in [0, 0.05) is 44.2 Å². The number of ether oxygens (including phenoxy) is 1. The van der Waals surface area contributed by atoms with Crippen molar-refractivity contribution in [2.75, 3.05) is 39.4 Å². The molecule has 2 N–H and O–H groups in total. The highest BCUT2D eigenvalue weighted by atomic mass is 127. The van der Waals surface area contributed by atoms with Crippen LogP contribution in [0.2, 0.25) is 0 Å². The summed E-state index contributed by atoms with van der Waals surface area (Å²) in [6, 6.07) is 2.48. The lowest BCUT2D eigenvalue weighted by molar-refractivity contribution is 0.0211. The standard InChI is InChI=1S/C19H35N5O2.HI/c1-5-16(6-2)18-12-17(26-23-18)14-22-19(20-7-3)21-13-15(4)24-8-10-25-11-9-24;/h12,15-16H,5-11,13-14H2,1-4H3,(H2,20,21,22);1H. The van der Waals surface area contributed by atoms with Crippen LogP contribution in [-0.2, 0) is 11.3 Å². The Morgan fingerprint density at radius 2 is 1.93 bits per heavy atom. The number of morpholine rings is 1. The van der Waals surface area contributed by atoms with Gasteiger partial charge in [0.15, 0.2) is 11.7 Å². The summed E-state index contributed by atoms with van der Waals surface area (Å²) in [5.74, 6) is 2.09. The second-order valence-electron chi connectivity index (χ2n) is 6.80. The first-order valence-electron chi connectivity index (χ1n) is 9.97. The van der Waals surface area contributed by atoms with Crippen LogP contribution in [0, 0.1) is 0 Å². The monoisotopic (exact) mass is 493 g/mol. The van der Waals surface area contributed by atoms with E-state index in [4.69, 9.17) is 9.26 Å². The second-order valence-corrected chi connectivity index (χ2v) is 6.80. The molecule has 2 rings (SSSR count). The van der Waals surface area contributed by atoms with Crippen molar-refractivity contribution < 1.29 is 9.26 Å². The van der Waals surface area contributed by atoms with Crippen molar-refractivity contribution in [3.8, 4) is 0 Å². The fourth-order valence-corrected chi connectivity index (χ4v) is 3.19. The third-order valence-corrected chi connectivity index (χ3v) is 4.95. The molecule has 1 aliphatic heterocycles. The van der Waals surface area contributed by atoms with Gasteiger partial charge in [0.25, 0.3) is 0 Å². The lowest BCUT2D eigenvalue weighted by atomic mass is 9.99. The number of aliphatic imine (C=N–C) groups is 1. The Kier molecular flexibility index (Phi) is 11.9. The zero-order valence-corrected chi connectivity index (χ0v) is 19.5. The molecule has 0 saturated carbocycles. The summed E-state index contributed by atoms with van der Waals surface area (Å²) in [5, 5.41) is 10.9. The van der Waals surface area contributed by atoms with Gasteiger partial charge in [-0.1, -0.05) is 19.0 Å². The zero-order chi connectivity index (χ0) is 18.8. The predicted molar refractivity (Wildman–Crippen MR) is 120 cm³/mol. The Morgan fingerprint density at radius 1 is 1.22 bits per heavy atom. The molecule has 0 amide bonds. The molecule has 1 atom stereocenters. The molecule has 0 bridgehead atoms. The molecule has 1 saturated heterocycles. The maximum Gasteiger partial charge on any atom is 0.191 e. The fourth-order valence-electron chi connectivity index (χ4n) is 3.19. The molecule has 1 aromatic rings. The summed E-state index contributed by atoms with van der Waals surface area (Å²) < 4.78 is 10.9. The SMILES string of the molecule is CCNC(=NCc1cc(C(CC)CC)no1)NCC(C)N1CCOCC1.I. The van der Waals surface area contributed by atoms with Gasteiger partial charge in [0.05, 0.1) is 18.9 Å². The van der Waals surface area contributed by atoms with Crippen LogP contribution >= 0.6 is 24.0 Å². The summed E-state index contributed by atoms with van der Waals surface area (Å²) in [6.07, 6.45) is 2.16. The van der Waals surface area contributed by atoms with Crippen molar-refractivity contribution in [1.29, 1.82) is 0 Å². The molecule has 0 radical (unpaired) electrons. The number of nitrogens with one attached hydrogen (secondary N) is 2. The molecule has 0 spiro atoms. The van der Waals surface area contributed by atoms with Crippen LogP contribution < -0.4 is 10.6 Å². The van der Waals surface area contributed by atoms with E-state index in [-0.39, 0.29) is 24.0 Å². The lowest BCUT2D eigenvalue weighted by Crippen LogP contribution is -2.49. The first-order valence-corrected chi connectivity index (χ1v) is 9.97. The van der Waals surface area contributed by atoms with Crippen LogP contribution in [0.3, 0.4) is 0 Å². The Balaban J connectivity index is 0.00000364. The van der Waals surface area contributed by atoms with Crippen LogP contribution in [0.5, 0.6) is 0 Å². The number of nitrogens with zero attached hydrogens (tertiary/aromatic N) is 3. The minimum absolute atomic E-state index is 0. The van der Waals surface area contributed by atoms with E-state index in [0.717, 1.165) is 69.6 Å². The largest absolute Gasteiger partial charge is 0.379 e. The van der Waals surface area contributed by atoms with E-state index in [2.05, 4.69) is 53.4 Å². The molecule has 0 aromatic carbocycles. The molecule has 2 heterocycles. The van der Waals surface area contributed by atoms with Gasteiger partial charge in [-0.3, -0.25) is 4.90 Å². The first-order chi connectivity index (χ1) is 12.7. The van der Waals surface area contributed by atoms with Gasteiger partial charge in [0.1, 0.15) is 6.54 Å². The van der Waals surface area contributed by atoms with E-state index in [0.29, 0.717) is 18.5 Å². The van der Waals surface area contributed by atoms with E-state index >= 15 is 0 Å². The highest BCUT2D eigenvalue weighted by Gasteiger charge is 2.17. The van der Waals surface area contributed by atoms with Crippen molar-refractivity contribution in [1.82, 2.24) is 20.7 Å². The van der Waals surface area contributed by atoms with Gasteiger partial charge >= 0.3 is 0 Å². The average molecular weight is 493 g/mol. The molecule has 156 valence electrons. The Hall–Kier alpha value is -0.870. The summed E-state index contributed by atoms with van der Waals surface area (Å²) in [7, 11) is 0. The van der Waals surface area contributed by atoms with Gasteiger partial charge in [-0.25, -0.2) is 4.99 Å². The molecule has 1 aliphatic rings. The van der Waals surface area contributed by atoms with Gasteiger partial charge < -0.3 is 19.9 Å². The molecular formula is C19H36IN5O2. The molecule has 1 aromatic heterocycles. The van der Waals surface area contributed by atoms with Crippen LogP contribution in [0.15, 0.2) is 15.6 Å². The number of halogens is 1. The summed E-state index contributed by atoms with van der Waals surface area (Å²) in [5.41, 5.74) is 1.04. The van der Waals surface area contributed by atoms with Crippen molar-refractivity contribution in [2.24, 2.45) is 4.99 Å². The van der Waals surface area contributed by atoms with Crippen molar-refractivity contribution in [3.63, 3.8) is 0 Å². The lowest BCUT2D eigenvalue weighted by Gasteiger charge is -2.32. The second kappa shape index (κ2) is 13.3. The Bertz CT molecular complexity index is 542. The molecule has 1 unspecified atom stereocenters. The first kappa shape index (κ1) is 24.2. The predicted octanol–water partition coefficient (Wildman–Crippen LogP) is 2.97. The van der Waals surface area contributed by atoms with Gasteiger partial charge in [-0.2, -0.15) is 0 Å². The third kappa shape index (κ3) is 7.95. The van der Waals surface area contributed by atoms with Crippen LogP contribution in [-0.4, -0.2) is 61.5 Å². The summed E-state index contributed by atoms with van der Waals surface area (Å²) in [6.45, 7) is 14.5. The van der Waals surface area contributed by atoms with Gasteiger partial charge in [-0.05, 0) is 26.7 Å². The molecule has 27 heavy (non-hydrogen) atoms. The van der Waals surface area contributed by atoms with Crippen molar-refractivity contribution in [3.05, 3.63) is 17.5 Å². The van der Waals surface area contributed by atoms with Gasteiger partial charge in [0.2, 0.25) is 0 Å². The molecule has 8 heteroatoms. The number of rotatable bonds is 9. The summed E-state index contributed by atoms with van der Waals surface area (Å²) in [4.78, 5) is 7.09. The van der Waals surface area contributed by atoms with Crippen LogP contribution in [0.1, 0.15) is 57.9 Å². The molecular weight excluding hydrogens is 457 g/mol. The van der Waals surface area contributed by atoms with Crippen LogP contribution in [0.4, 0.5) is 0 Å². The van der Waals surface area contributed by atoms with E-state index < -0.39 is 0 Å². The normalized spacial score (nSPS) is 16.9. The number of aromatic nitrogens is 1. The smallest absolute Gasteiger partial charge is 0.191 e. The van der Waals surface area contributed by atoms with Crippen molar-refractivity contribution in [2.45, 2.75) is 59.0 Å². The number of hydrogen-bond donors (Lipinski definition) is 2. The number of hydrogen-bond acceptors (Lipinski definition) is 5. The van der Waals surface area contributed by atoms with Crippen molar-refractivity contribution >= 4 is 29.9 Å². The topological polar surface area (TPSA) is 74.9 Å². The van der Waals surface area contributed by atoms with E-state index in [1.165, 1.54) is 0 Å². The Labute approximate surface area is 180 Å². The molecule has 1 fully saturated rings. The number of guanidine groups is 1. The highest BCUT2D eigenvalue weighted by molar-refractivity contribution is 14.0. The minimum Gasteiger partial charge on any atom is -0.379 e. The van der Waals surface area contributed by atoms with E-state index in [1.807, 2.05) is 6.07 Å². The fraction of sp³-hybridized carbons (Fsp3) is 0.789. The van der Waals surface area contributed by atoms with E-state index in [1.54, 1.807) is 0 Å². The summed E-state index contributed by atoms with van der Waals surface area (Å²) >= 11 is 0. The maximum atomic E-state index is 5.46. The minimum atomic E-state index is 0. The quantitative estimate of drug-likeness (QED) is 0.313. The van der Waals surface area contributed by atoms with Gasteiger partial charge in [-0.15, -0.1) is 24.0 Å². The maximum absolute atomic E-state index is 5.46. The third-order valence-electron chi connectivity index (χ3n) is 4.95.